The van der Waals surface area contributed by atoms with Gasteiger partial charge < -0.3 is 9.05 Å². The molecule has 2 aromatic heterocycles. The fourth-order valence-corrected chi connectivity index (χ4v) is 8.87. The molecule has 184 valence electrons. The fourth-order valence-electron chi connectivity index (χ4n) is 8.87. The highest BCUT2D eigenvalue weighted by Gasteiger charge is 2.52. The van der Waals surface area contributed by atoms with E-state index in [0.717, 1.165) is 25.7 Å². The predicted molar refractivity (Wildman–Crippen MR) is 162 cm³/mol. The molecule has 0 radical (unpaired) electrons. The number of aryl methyl sites for hydroxylation is 1. The van der Waals surface area contributed by atoms with Gasteiger partial charge in [0.2, 0.25) is 0 Å². The lowest BCUT2D eigenvalue weighted by Gasteiger charge is -2.38. The highest BCUT2D eigenvalue weighted by atomic mass is 15.0. The third-order valence-corrected chi connectivity index (χ3v) is 10.2. The average Bonchev–Trinajstić information content (AvgIpc) is 3.63. The van der Waals surface area contributed by atoms with Crippen LogP contribution in [0, 0.1) is 5.92 Å². The molecule has 5 aliphatic rings. The van der Waals surface area contributed by atoms with Crippen molar-refractivity contribution in [2.24, 2.45) is 5.92 Å². The molecule has 39 heavy (non-hydrogen) atoms. The smallest absolute Gasteiger partial charge is 0.299 e. The number of hydrogen-bond donors (Lipinski definition) is 0. The van der Waals surface area contributed by atoms with Crippen LogP contribution in [0.25, 0.3) is 44.7 Å². The Bertz CT molecular complexity index is 2130. The van der Waals surface area contributed by atoms with E-state index in [-0.39, 0.29) is 0 Å². The van der Waals surface area contributed by atoms with Gasteiger partial charge in [0, 0.05) is 38.8 Å². The van der Waals surface area contributed by atoms with Gasteiger partial charge >= 0.3 is 0 Å². The molecule has 10 rings (SSSR count). The Morgan fingerprint density at radius 2 is 1.56 bits per heavy atom. The first-order valence-corrected chi connectivity index (χ1v) is 14.5. The van der Waals surface area contributed by atoms with Crippen molar-refractivity contribution in [2.75, 3.05) is 0 Å². The fraction of sp³-hybridized carbons (Fsp3) is 0.167. The Morgan fingerprint density at radius 3 is 2.46 bits per heavy atom. The predicted octanol–water partition coefficient (Wildman–Crippen LogP) is 6.60. The summed E-state index contributed by atoms with van der Waals surface area (Å²) >= 11 is 0. The van der Waals surface area contributed by atoms with Gasteiger partial charge in [0.05, 0.1) is 10.9 Å². The van der Waals surface area contributed by atoms with Gasteiger partial charge in [-0.1, -0.05) is 84.4 Å². The maximum atomic E-state index is 2.78. The zero-order valence-corrected chi connectivity index (χ0v) is 21.8. The van der Waals surface area contributed by atoms with Gasteiger partial charge in [-0.05, 0) is 78.0 Å². The van der Waals surface area contributed by atoms with E-state index < -0.39 is 0 Å². The van der Waals surface area contributed by atoms with Crippen molar-refractivity contribution in [3.05, 3.63) is 130 Å². The van der Waals surface area contributed by atoms with E-state index in [9.17, 15) is 0 Å². The van der Waals surface area contributed by atoms with Crippen LogP contribution in [-0.4, -0.2) is 15.9 Å². The number of benzene rings is 3. The molecule has 0 amide bonds. The van der Waals surface area contributed by atoms with Crippen LogP contribution < -0.4 is 10.6 Å². The molecule has 3 heteroatoms. The molecule has 3 aromatic carbocycles. The summed E-state index contributed by atoms with van der Waals surface area (Å²) in [5.74, 6) is 0.949. The molecular weight excluding hydrogens is 471 g/mol. The van der Waals surface area contributed by atoms with Crippen molar-refractivity contribution >= 4 is 45.9 Å². The maximum Gasteiger partial charge on any atom is 0.299 e. The Balaban J connectivity index is 1.39. The van der Waals surface area contributed by atoms with Crippen LogP contribution >= 0.6 is 0 Å². The first kappa shape index (κ1) is 20.7. The van der Waals surface area contributed by atoms with Gasteiger partial charge in [-0.15, -0.1) is 0 Å². The third kappa shape index (κ3) is 2.42. The quantitative estimate of drug-likeness (QED) is 0.231. The molecule has 5 aromatic rings. The summed E-state index contributed by atoms with van der Waals surface area (Å²) in [6, 6.07) is 29.2. The summed E-state index contributed by atoms with van der Waals surface area (Å²) in [5, 5.41) is 5.67. The average molecular weight is 498 g/mol. The summed E-state index contributed by atoms with van der Waals surface area (Å²) in [4.78, 5) is 0. The van der Waals surface area contributed by atoms with Crippen LogP contribution in [0.15, 0.2) is 108 Å². The monoisotopic (exact) mass is 498 g/mol. The lowest BCUT2D eigenvalue weighted by molar-refractivity contribution is 0.770. The van der Waals surface area contributed by atoms with E-state index in [1.54, 1.807) is 27.9 Å². The summed E-state index contributed by atoms with van der Waals surface area (Å²) in [6.07, 6.45) is 14.6. The molecular formula is C36H27BN2. The second-order valence-electron chi connectivity index (χ2n) is 11.8. The zero-order chi connectivity index (χ0) is 25.2. The van der Waals surface area contributed by atoms with Gasteiger partial charge in [-0.2, -0.15) is 0 Å². The minimum absolute atomic E-state index is 0.389. The van der Waals surface area contributed by atoms with E-state index in [4.69, 9.17) is 0 Å². The molecule has 0 saturated heterocycles. The second-order valence-corrected chi connectivity index (χ2v) is 11.8. The molecule has 0 N–H and O–H groups in total. The number of fused-ring (bicyclic) bond motifs is 11. The molecule has 4 heterocycles. The largest absolute Gasteiger partial charge is 0.380 e. The number of nitrogens with zero attached hydrogens (tertiary/aromatic N) is 2. The van der Waals surface area contributed by atoms with Crippen LogP contribution in [-0.2, 0) is 6.42 Å². The van der Waals surface area contributed by atoms with Crippen LogP contribution in [0.1, 0.15) is 30.5 Å². The highest BCUT2D eigenvalue weighted by molar-refractivity contribution is 6.73. The minimum Gasteiger partial charge on any atom is -0.380 e. The van der Waals surface area contributed by atoms with Gasteiger partial charge in [0.1, 0.15) is 0 Å². The van der Waals surface area contributed by atoms with E-state index in [0.29, 0.717) is 18.6 Å². The van der Waals surface area contributed by atoms with Crippen molar-refractivity contribution in [2.45, 2.75) is 31.5 Å². The molecule has 0 saturated carbocycles. The number of rotatable bonds is 1. The van der Waals surface area contributed by atoms with Crippen molar-refractivity contribution in [1.82, 2.24) is 9.05 Å². The number of aromatic nitrogens is 2. The van der Waals surface area contributed by atoms with Gasteiger partial charge in [0.15, 0.2) is 0 Å². The van der Waals surface area contributed by atoms with Crippen molar-refractivity contribution in [3.8, 4) is 5.69 Å². The van der Waals surface area contributed by atoms with Crippen molar-refractivity contribution < 1.29 is 0 Å². The molecule has 0 fully saturated rings. The van der Waals surface area contributed by atoms with Crippen LogP contribution in [0.3, 0.4) is 0 Å². The van der Waals surface area contributed by atoms with Crippen molar-refractivity contribution in [3.63, 3.8) is 0 Å². The highest BCUT2D eigenvalue weighted by Crippen LogP contribution is 2.58. The Hall–Kier alpha value is -4.24. The molecule has 2 atom stereocenters. The van der Waals surface area contributed by atoms with E-state index in [1.165, 1.54) is 43.6 Å². The molecule has 2 nitrogen and oxygen atoms in total. The molecule has 3 aliphatic carbocycles. The van der Waals surface area contributed by atoms with E-state index in [1.807, 2.05) is 0 Å². The zero-order valence-electron chi connectivity index (χ0n) is 21.8. The maximum absolute atomic E-state index is 2.78. The van der Waals surface area contributed by atoms with Gasteiger partial charge in [-0.3, -0.25) is 0 Å². The summed E-state index contributed by atoms with van der Waals surface area (Å²) in [6.45, 7) is 0.389. The number of para-hydroxylation sites is 3. The van der Waals surface area contributed by atoms with Gasteiger partial charge in [0.25, 0.3) is 6.85 Å². The first-order valence-electron chi connectivity index (χ1n) is 14.5. The van der Waals surface area contributed by atoms with Gasteiger partial charge in [-0.25, -0.2) is 0 Å². The standard InChI is InChI=1S/C36H27BN2/c1-2-10-22(11-3-1)38-31-18-6-4-12-23(31)28-20-21-30-33(36(28)38)29-17-8-14-25-27-16-9-15-26-24-13-5-7-19-32(24)39(35(26)27)37(30)34(25)29/h1-8,10-13,16-20,25,30H,9,14-15,21H2. The van der Waals surface area contributed by atoms with Crippen LogP contribution in [0.5, 0.6) is 0 Å². The Kier molecular flexibility index (Phi) is 3.84. The van der Waals surface area contributed by atoms with Crippen LogP contribution in [0.2, 0.25) is 5.82 Å². The molecule has 0 spiro atoms. The van der Waals surface area contributed by atoms with Crippen LogP contribution in [0.4, 0.5) is 0 Å². The lowest BCUT2D eigenvalue weighted by atomic mass is 9.42. The molecule has 0 bridgehead atoms. The minimum atomic E-state index is 0.389. The topological polar surface area (TPSA) is 9.86 Å². The Labute approximate surface area is 227 Å². The lowest BCUT2D eigenvalue weighted by Crippen LogP contribution is -2.41. The second kappa shape index (κ2) is 7.24. The van der Waals surface area contributed by atoms with Crippen molar-refractivity contribution in [1.29, 1.82) is 0 Å². The Morgan fingerprint density at radius 1 is 0.769 bits per heavy atom. The number of allylic oxidation sites excluding steroid dienone is 6. The SMILES string of the molecule is C1=CC2=C3B(C4CC=c5c(n(-c6ccccc6)c6ccccc56)=C24)n2c4c(c5ccccc52)CCC=C4C3C1. The summed E-state index contributed by atoms with van der Waals surface area (Å²) in [7, 11) is 0. The van der Waals surface area contributed by atoms with E-state index >= 15 is 0 Å². The molecule has 2 aliphatic heterocycles. The van der Waals surface area contributed by atoms with E-state index in [2.05, 4.69) is 112 Å². The normalized spacial score (nSPS) is 22.0. The third-order valence-electron chi connectivity index (χ3n) is 10.2. The molecule has 2 unspecified atom stereocenters. The first-order chi connectivity index (χ1) is 19.4. The summed E-state index contributed by atoms with van der Waals surface area (Å²) < 4.78 is 5.34. The number of hydrogen-bond acceptors (Lipinski definition) is 0. The summed E-state index contributed by atoms with van der Waals surface area (Å²) in [5.41, 5.74) is 13.5.